The van der Waals surface area contributed by atoms with Gasteiger partial charge < -0.3 is 5.73 Å². The third-order valence-corrected chi connectivity index (χ3v) is 2.46. The minimum absolute atomic E-state index is 0.253. The SMILES string of the molecule is CN=C(N)c1ccc(SC)c(F)c1. The van der Waals surface area contributed by atoms with Crippen molar-refractivity contribution in [1.29, 1.82) is 0 Å². The Hall–Kier alpha value is -1.03. The van der Waals surface area contributed by atoms with E-state index in [1.807, 2.05) is 6.26 Å². The lowest BCUT2D eigenvalue weighted by Gasteiger charge is -2.02. The first kappa shape index (κ1) is 10.1. The van der Waals surface area contributed by atoms with Crippen molar-refractivity contribution in [3.8, 4) is 0 Å². The highest BCUT2D eigenvalue weighted by molar-refractivity contribution is 7.98. The number of benzene rings is 1. The zero-order valence-corrected chi connectivity index (χ0v) is 8.36. The van der Waals surface area contributed by atoms with Gasteiger partial charge in [0.2, 0.25) is 0 Å². The van der Waals surface area contributed by atoms with E-state index in [1.54, 1.807) is 19.2 Å². The minimum Gasteiger partial charge on any atom is -0.384 e. The number of nitrogens with zero attached hydrogens (tertiary/aromatic N) is 1. The van der Waals surface area contributed by atoms with Gasteiger partial charge in [0, 0.05) is 17.5 Å². The molecule has 0 unspecified atom stereocenters. The Morgan fingerprint density at radius 2 is 2.23 bits per heavy atom. The van der Waals surface area contributed by atoms with E-state index >= 15 is 0 Å². The summed E-state index contributed by atoms with van der Waals surface area (Å²) in [7, 11) is 1.58. The predicted octanol–water partition coefficient (Wildman–Crippen LogP) is 1.88. The number of aliphatic imine (C=N–C) groups is 1. The van der Waals surface area contributed by atoms with Crippen molar-refractivity contribution in [3.05, 3.63) is 29.6 Å². The molecular formula is C9H11FN2S. The van der Waals surface area contributed by atoms with E-state index < -0.39 is 0 Å². The smallest absolute Gasteiger partial charge is 0.137 e. The molecule has 0 saturated heterocycles. The quantitative estimate of drug-likeness (QED) is 0.447. The van der Waals surface area contributed by atoms with E-state index in [0.717, 1.165) is 0 Å². The van der Waals surface area contributed by atoms with Crippen LogP contribution in [0.25, 0.3) is 0 Å². The third-order valence-electron chi connectivity index (χ3n) is 1.69. The van der Waals surface area contributed by atoms with Gasteiger partial charge in [-0.1, -0.05) is 0 Å². The lowest BCUT2D eigenvalue weighted by atomic mass is 10.2. The van der Waals surface area contributed by atoms with Crippen LogP contribution in [0.2, 0.25) is 0 Å². The molecule has 0 aliphatic rings. The van der Waals surface area contributed by atoms with Crippen molar-refractivity contribution < 1.29 is 4.39 Å². The van der Waals surface area contributed by atoms with Crippen molar-refractivity contribution >= 4 is 17.6 Å². The first-order valence-electron chi connectivity index (χ1n) is 3.75. The van der Waals surface area contributed by atoms with Crippen LogP contribution >= 0.6 is 11.8 Å². The Kier molecular flexibility index (Phi) is 3.31. The summed E-state index contributed by atoms with van der Waals surface area (Å²) in [6.45, 7) is 0. The Bertz CT molecular complexity index is 336. The van der Waals surface area contributed by atoms with Crippen LogP contribution in [0.15, 0.2) is 28.1 Å². The molecule has 0 aromatic heterocycles. The molecule has 13 heavy (non-hydrogen) atoms. The van der Waals surface area contributed by atoms with Crippen molar-refractivity contribution in [2.24, 2.45) is 10.7 Å². The highest BCUT2D eigenvalue weighted by atomic mass is 32.2. The van der Waals surface area contributed by atoms with Crippen molar-refractivity contribution in [2.75, 3.05) is 13.3 Å². The second-order valence-electron chi connectivity index (χ2n) is 2.46. The molecule has 0 amide bonds. The number of rotatable bonds is 2. The highest BCUT2D eigenvalue weighted by Gasteiger charge is 2.03. The molecule has 0 heterocycles. The summed E-state index contributed by atoms with van der Waals surface area (Å²) in [6.07, 6.45) is 1.83. The first-order chi connectivity index (χ1) is 6.19. The van der Waals surface area contributed by atoms with Gasteiger partial charge in [-0.25, -0.2) is 4.39 Å². The average molecular weight is 198 g/mol. The van der Waals surface area contributed by atoms with Gasteiger partial charge in [-0.2, -0.15) is 0 Å². The Morgan fingerprint density at radius 1 is 1.54 bits per heavy atom. The lowest BCUT2D eigenvalue weighted by Crippen LogP contribution is -2.13. The molecule has 0 radical (unpaired) electrons. The molecule has 2 nitrogen and oxygen atoms in total. The van der Waals surface area contributed by atoms with E-state index in [2.05, 4.69) is 4.99 Å². The first-order valence-corrected chi connectivity index (χ1v) is 4.97. The molecule has 0 saturated carbocycles. The number of hydrogen-bond donors (Lipinski definition) is 1. The van der Waals surface area contributed by atoms with Crippen LogP contribution in [-0.4, -0.2) is 19.1 Å². The molecule has 0 aliphatic heterocycles. The summed E-state index contributed by atoms with van der Waals surface area (Å²) in [5.41, 5.74) is 6.15. The van der Waals surface area contributed by atoms with Crippen molar-refractivity contribution in [3.63, 3.8) is 0 Å². The minimum atomic E-state index is -0.253. The van der Waals surface area contributed by atoms with Crippen molar-refractivity contribution in [2.45, 2.75) is 4.90 Å². The van der Waals surface area contributed by atoms with Gasteiger partial charge >= 0.3 is 0 Å². The summed E-state index contributed by atoms with van der Waals surface area (Å²) in [5.74, 6) is 0.100. The molecular weight excluding hydrogens is 187 g/mol. The summed E-state index contributed by atoms with van der Waals surface area (Å²) in [6, 6.07) is 4.86. The molecule has 0 aliphatic carbocycles. The fourth-order valence-electron chi connectivity index (χ4n) is 0.955. The standard InChI is InChI=1S/C9H11FN2S/c1-12-9(11)6-3-4-8(13-2)7(10)5-6/h3-5H,1-2H3,(H2,11,12). The van der Waals surface area contributed by atoms with Crippen molar-refractivity contribution in [1.82, 2.24) is 0 Å². The summed E-state index contributed by atoms with van der Waals surface area (Å²) in [5, 5.41) is 0. The second-order valence-corrected chi connectivity index (χ2v) is 3.31. The maximum atomic E-state index is 13.2. The molecule has 0 bridgehead atoms. The number of thioether (sulfide) groups is 1. The van der Waals surface area contributed by atoms with Crippen LogP contribution in [0.3, 0.4) is 0 Å². The summed E-state index contributed by atoms with van der Waals surface area (Å²) in [4.78, 5) is 4.39. The van der Waals surface area contributed by atoms with Crippen LogP contribution in [-0.2, 0) is 0 Å². The number of hydrogen-bond acceptors (Lipinski definition) is 2. The van der Waals surface area contributed by atoms with Gasteiger partial charge in [0.15, 0.2) is 0 Å². The molecule has 0 spiro atoms. The van der Waals surface area contributed by atoms with Crippen LogP contribution in [0.4, 0.5) is 4.39 Å². The Labute approximate surface area is 81.1 Å². The van der Waals surface area contributed by atoms with Crippen LogP contribution in [0.5, 0.6) is 0 Å². The number of amidine groups is 1. The highest BCUT2D eigenvalue weighted by Crippen LogP contribution is 2.19. The monoisotopic (exact) mass is 198 g/mol. The van der Waals surface area contributed by atoms with Crippen LogP contribution in [0, 0.1) is 5.82 Å². The maximum absolute atomic E-state index is 13.2. The number of nitrogens with two attached hydrogens (primary N) is 1. The van der Waals surface area contributed by atoms with Crippen LogP contribution in [0.1, 0.15) is 5.56 Å². The fourth-order valence-corrected chi connectivity index (χ4v) is 1.41. The van der Waals surface area contributed by atoms with Crippen LogP contribution < -0.4 is 5.73 Å². The Morgan fingerprint density at radius 3 is 2.69 bits per heavy atom. The summed E-state index contributed by atoms with van der Waals surface area (Å²) < 4.78 is 13.2. The largest absolute Gasteiger partial charge is 0.384 e. The summed E-state index contributed by atoms with van der Waals surface area (Å²) >= 11 is 1.37. The average Bonchev–Trinajstić information content (AvgIpc) is 2.16. The fraction of sp³-hybridized carbons (Fsp3) is 0.222. The van der Waals surface area contributed by atoms with E-state index in [9.17, 15) is 4.39 Å². The zero-order chi connectivity index (χ0) is 9.84. The van der Waals surface area contributed by atoms with E-state index in [1.165, 1.54) is 17.8 Å². The second kappa shape index (κ2) is 4.28. The third kappa shape index (κ3) is 2.21. The zero-order valence-electron chi connectivity index (χ0n) is 7.54. The van der Waals surface area contributed by atoms with E-state index in [4.69, 9.17) is 5.73 Å². The molecule has 1 aromatic carbocycles. The molecule has 0 fully saturated rings. The predicted molar refractivity (Wildman–Crippen MR) is 54.8 cm³/mol. The maximum Gasteiger partial charge on any atom is 0.137 e. The molecule has 4 heteroatoms. The van der Waals surface area contributed by atoms with Gasteiger partial charge in [-0.3, -0.25) is 4.99 Å². The van der Waals surface area contributed by atoms with Gasteiger partial charge in [-0.05, 0) is 24.5 Å². The molecule has 70 valence electrons. The molecule has 2 N–H and O–H groups in total. The topological polar surface area (TPSA) is 38.4 Å². The molecule has 0 atom stereocenters. The normalized spacial score (nSPS) is 11.8. The van der Waals surface area contributed by atoms with Gasteiger partial charge in [-0.15, -0.1) is 11.8 Å². The van der Waals surface area contributed by atoms with Gasteiger partial charge in [0.1, 0.15) is 11.7 Å². The molecule has 1 aromatic rings. The van der Waals surface area contributed by atoms with Gasteiger partial charge in [0.25, 0.3) is 0 Å². The van der Waals surface area contributed by atoms with E-state index in [0.29, 0.717) is 16.3 Å². The number of halogens is 1. The Balaban J connectivity index is 3.10. The molecule has 1 rings (SSSR count). The lowest BCUT2D eigenvalue weighted by molar-refractivity contribution is 0.602. The van der Waals surface area contributed by atoms with Gasteiger partial charge in [0.05, 0.1) is 0 Å². The van der Waals surface area contributed by atoms with E-state index in [-0.39, 0.29) is 5.82 Å².